The van der Waals surface area contributed by atoms with Gasteiger partial charge in [0, 0.05) is 30.7 Å². The van der Waals surface area contributed by atoms with Crippen molar-refractivity contribution in [3.05, 3.63) is 24.3 Å². The Morgan fingerprint density at radius 2 is 1.94 bits per heavy atom. The molecule has 2 aliphatic heterocycles. The predicted octanol–water partition coefficient (Wildman–Crippen LogP) is 2.27. The van der Waals surface area contributed by atoms with E-state index in [4.69, 9.17) is 4.74 Å². The Balaban J connectivity index is 1.61. The summed E-state index contributed by atoms with van der Waals surface area (Å²) >= 11 is 0. The maximum absolute atomic E-state index is 5.67. The first-order chi connectivity index (χ1) is 8.67. The molecule has 3 nitrogen and oxygen atoms in total. The highest BCUT2D eigenvalue weighted by Gasteiger charge is 2.44. The first kappa shape index (κ1) is 11.8. The van der Waals surface area contributed by atoms with Gasteiger partial charge in [-0.2, -0.15) is 0 Å². The Hall–Kier alpha value is -1.22. The van der Waals surface area contributed by atoms with Gasteiger partial charge >= 0.3 is 0 Å². The zero-order chi connectivity index (χ0) is 12.6. The summed E-state index contributed by atoms with van der Waals surface area (Å²) < 4.78 is 5.67. The number of nitrogens with zero attached hydrogens (tertiary/aromatic N) is 1. The largest absolute Gasteiger partial charge is 0.491 e. The van der Waals surface area contributed by atoms with Crippen LogP contribution in [0.5, 0.6) is 5.75 Å². The van der Waals surface area contributed by atoms with E-state index >= 15 is 0 Å². The molecule has 18 heavy (non-hydrogen) atoms. The molecule has 1 aromatic carbocycles. The quantitative estimate of drug-likeness (QED) is 0.885. The molecule has 1 aromatic rings. The third kappa shape index (κ3) is 2.19. The van der Waals surface area contributed by atoms with Crippen molar-refractivity contribution >= 4 is 5.69 Å². The molecule has 0 aliphatic carbocycles. The topological polar surface area (TPSA) is 24.5 Å². The lowest BCUT2D eigenvalue weighted by molar-refractivity contribution is 0.240. The maximum atomic E-state index is 5.67. The molecule has 0 bridgehead atoms. The number of rotatable bonds is 3. The van der Waals surface area contributed by atoms with Crippen molar-refractivity contribution in [2.75, 3.05) is 31.1 Å². The number of ether oxygens (including phenoxy) is 1. The highest BCUT2D eigenvalue weighted by molar-refractivity contribution is 5.52. The first-order valence-corrected chi connectivity index (χ1v) is 6.89. The van der Waals surface area contributed by atoms with Gasteiger partial charge in [-0.15, -0.1) is 0 Å². The molecule has 3 heteroatoms. The highest BCUT2D eigenvalue weighted by atomic mass is 16.5. The van der Waals surface area contributed by atoms with Gasteiger partial charge in [-0.25, -0.2) is 0 Å². The number of benzene rings is 1. The fraction of sp³-hybridized carbons (Fsp3) is 0.600. The fourth-order valence-corrected chi connectivity index (χ4v) is 3.02. The Labute approximate surface area is 109 Å². The molecule has 0 atom stereocenters. The van der Waals surface area contributed by atoms with Gasteiger partial charge in [-0.3, -0.25) is 0 Å². The zero-order valence-electron chi connectivity index (χ0n) is 11.3. The van der Waals surface area contributed by atoms with Gasteiger partial charge < -0.3 is 15.0 Å². The van der Waals surface area contributed by atoms with Gasteiger partial charge in [0.2, 0.25) is 0 Å². The summed E-state index contributed by atoms with van der Waals surface area (Å²) in [6.45, 7) is 8.89. The van der Waals surface area contributed by atoms with Crippen LogP contribution in [0.4, 0.5) is 5.69 Å². The van der Waals surface area contributed by atoms with E-state index in [-0.39, 0.29) is 6.10 Å². The van der Waals surface area contributed by atoms with Crippen molar-refractivity contribution < 1.29 is 4.74 Å². The molecule has 2 aliphatic rings. The van der Waals surface area contributed by atoms with Crippen LogP contribution in [-0.4, -0.2) is 32.3 Å². The molecular formula is C15H22N2O. The van der Waals surface area contributed by atoms with Gasteiger partial charge in [0.25, 0.3) is 0 Å². The first-order valence-electron chi connectivity index (χ1n) is 6.89. The predicted molar refractivity (Wildman–Crippen MR) is 74.3 cm³/mol. The lowest BCUT2D eigenvalue weighted by Gasteiger charge is -2.49. The van der Waals surface area contributed by atoms with Crippen molar-refractivity contribution in [1.29, 1.82) is 0 Å². The van der Waals surface area contributed by atoms with Crippen molar-refractivity contribution in [1.82, 2.24) is 5.32 Å². The van der Waals surface area contributed by atoms with Gasteiger partial charge in [-0.05, 0) is 51.1 Å². The SMILES string of the molecule is CC(C)Oc1ccc(N2CC3(CCNC3)C2)cc1. The van der Waals surface area contributed by atoms with E-state index < -0.39 is 0 Å². The summed E-state index contributed by atoms with van der Waals surface area (Å²) in [6.07, 6.45) is 1.57. The minimum absolute atomic E-state index is 0.243. The van der Waals surface area contributed by atoms with Crippen LogP contribution in [-0.2, 0) is 0 Å². The summed E-state index contributed by atoms with van der Waals surface area (Å²) in [5.74, 6) is 0.964. The van der Waals surface area contributed by atoms with Gasteiger partial charge in [0.15, 0.2) is 0 Å². The summed E-state index contributed by atoms with van der Waals surface area (Å²) in [5.41, 5.74) is 1.89. The molecule has 0 unspecified atom stereocenters. The number of hydrogen-bond donors (Lipinski definition) is 1. The summed E-state index contributed by atoms with van der Waals surface area (Å²) in [5, 5.41) is 3.47. The van der Waals surface area contributed by atoms with E-state index in [0.717, 1.165) is 5.75 Å². The van der Waals surface area contributed by atoms with Crippen molar-refractivity contribution in [3.63, 3.8) is 0 Å². The van der Waals surface area contributed by atoms with E-state index in [1.165, 1.54) is 38.3 Å². The number of nitrogens with one attached hydrogen (secondary N) is 1. The Morgan fingerprint density at radius 1 is 1.22 bits per heavy atom. The monoisotopic (exact) mass is 246 g/mol. The van der Waals surface area contributed by atoms with Crippen LogP contribution in [0.2, 0.25) is 0 Å². The minimum Gasteiger partial charge on any atom is -0.491 e. The van der Waals surface area contributed by atoms with E-state index in [2.05, 4.69) is 48.3 Å². The molecule has 0 aromatic heterocycles. The summed E-state index contributed by atoms with van der Waals surface area (Å²) in [4.78, 5) is 2.46. The number of hydrogen-bond acceptors (Lipinski definition) is 3. The van der Waals surface area contributed by atoms with E-state index in [0.29, 0.717) is 5.41 Å². The molecule has 3 rings (SSSR count). The molecule has 0 amide bonds. The van der Waals surface area contributed by atoms with E-state index in [9.17, 15) is 0 Å². The second-order valence-electron chi connectivity index (χ2n) is 5.94. The Morgan fingerprint density at radius 3 is 2.50 bits per heavy atom. The molecule has 1 N–H and O–H groups in total. The highest BCUT2D eigenvalue weighted by Crippen LogP contribution is 2.39. The second kappa shape index (κ2) is 4.47. The molecule has 2 heterocycles. The van der Waals surface area contributed by atoms with Gasteiger partial charge in [0.05, 0.1) is 6.10 Å². The van der Waals surface area contributed by atoms with Crippen LogP contribution < -0.4 is 15.0 Å². The molecule has 0 saturated carbocycles. The van der Waals surface area contributed by atoms with Crippen LogP contribution in [0.15, 0.2) is 24.3 Å². The molecule has 2 fully saturated rings. The fourth-order valence-electron chi connectivity index (χ4n) is 3.02. The molecule has 2 saturated heterocycles. The zero-order valence-corrected chi connectivity index (χ0v) is 11.3. The lowest BCUT2D eigenvalue weighted by Crippen LogP contribution is -2.57. The van der Waals surface area contributed by atoms with Crippen LogP contribution in [0.3, 0.4) is 0 Å². The summed E-state index contributed by atoms with van der Waals surface area (Å²) in [7, 11) is 0. The average Bonchev–Trinajstić information content (AvgIpc) is 2.76. The van der Waals surface area contributed by atoms with Crippen molar-refractivity contribution in [2.24, 2.45) is 5.41 Å². The van der Waals surface area contributed by atoms with Crippen LogP contribution >= 0.6 is 0 Å². The maximum Gasteiger partial charge on any atom is 0.119 e. The van der Waals surface area contributed by atoms with Gasteiger partial charge in [-0.1, -0.05) is 0 Å². The van der Waals surface area contributed by atoms with Crippen LogP contribution in [0.25, 0.3) is 0 Å². The minimum atomic E-state index is 0.243. The molecule has 1 spiro atoms. The van der Waals surface area contributed by atoms with Crippen molar-refractivity contribution in [2.45, 2.75) is 26.4 Å². The van der Waals surface area contributed by atoms with E-state index in [1.54, 1.807) is 0 Å². The number of anilines is 1. The van der Waals surface area contributed by atoms with Gasteiger partial charge in [0.1, 0.15) is 5.75 Å². The molecule has 98 valence electrons. The molecular weight excluding hydrogens is 224 g/mol. The Kier molecular flexibility index (Phi) is 2.94. The summed E-state index contributed by atoms with van der Waals surface area (Å²) in [6, 6.07) is 8.50. The standard InChI is InChI=1S/C15H22N2O/c1-12(2)18-14-5-3-13(4-6-14)17-10-15(11-17)7-8-16-9-15/h3-6,12,16H,7-11H2,1-2H3. The normalized spacial score (nSPS) is 21.4. The molecule has 0 radical (unpaired) electrons. The van der Waals surface area contributed by atoms with Crippen molar-refractivity contribution in [3.8, 4) is 5.75 Å². The third-order valence-corrected chi connectivity index (χ3v) is 3.96. The van der Waals surface area contributed by atoms with Crippen LogP contribution in [0, 0.1) is 5.41 Å². The second-order valence-corrected chi connectivity index (χ2v) is 5.94. The smallest absolute Gasteiger partial charge is 0.119 e. The van der Waals surface area contributed by atoms with E-state index in [1.807, 2.05) is 0 Å². The van der Waals surface area contributed by atoms with Crippen LogP contribution in [0.1, 0.15) is 20.3 Å². The Bertz CT molecular complexity index is 399. The lowest BCUT2D eigenvalue weighted by atomic mass is 9.79. The third-order valence-electron chi connectivity index (χ3n) is 3.96. The average molecular weight is 246 g/mol.